The molecular formula is C28H37Cl2N3O5S. The molecule has 214 valence electrons. The van der Waals surface area contributed by atoms with Crippen molar-refractivity contribution in [3.8, 4) is 5.75 Å². The molecule has 0 heterocycles. The zero-order chi connectivity index (χ0) is 28.7. The minimum atomic E-state index is -3.91. The first kappa shape index (κ1) is 31.0. The fourth-order valence-corrected chi connectivity index (χ4v) is 6.27. The van der Waals surface area contributed by atoms with E-state index in [1.807, 2.05) is 13.8 Å². The van der Waals surface area contributed by atoms with Gasteiger partial charge in [-0.15, -0.1) is 0 Å². The fraction of sp³-hybridized carbons (Fsp3) is 0.500. The van der Waals surface area contributed by atoms with Crippen molar-refractivity contribution in [3.05, 3.63) is 57.6 Å². The van der Waals surface area contributed by atoms with E-state index < -0.39 is 28.5 Å². The van der Waals surface area contributed by atoms with E-state index in [2.05, 4.69) is 5.32 Å². The zero-order valence-electron chi connectivity index (χ0n) is 22.9. The number of aryl methyl sites for hydroxylation is 1. The van der Waals surface area contributed by atoms with Crippen molar-refractivity contribution < 1.29 is 22.7 Å². The summed E-state index contributed by atoms with van der Waals surface area (Å²) in [6.07, 6.45) is 6.36. The first-order chi connectivity index (χ1) is 18.5. The Hall–Kier alpha value is -2.49. The van der Waals surface area contributed by atoms with E-state index >= 15 is 0 Å². The average molecular weight is 599 g/mol. The second-order valence-corrected chi connectivity index (χ2v) is 12.7. The van der Waals surface area contributed by atoms with Gasteiger partial charge in [0.15, 0.2) is 0 Å². The second-order valence-electron chi connectivity index (χ2n) is 9.93. The molecule has 1 aliphatic rings. The third kappa shape index (κ3) is 8.02. The second kappa shape index (κ2) is 13.7. The van der Waals surface area contributed by atoms with Crippen LogP contribution in [0.25, 0.3) is 0 Å². The van der Waals surface area contributed by atoms with Gasteiger partial charge in [-0.3, -0.25) is 13.9 Å². The minimum Gasteiger partial charge on any atom is -0.495 e. The lowest BCUT2D eigenvalue weighted by Crippen LogP contribution is -2.54. The minimum absolute atomic E-state index is 0.0465. The maximum absolute atomic E-state index is 14.0. The van der Waals surface area contributed by atoms with Crippen LogP contribution in [0.15, 0.2) is 36.4 Å². The summed E-state index contributed by atoms with van der Waals surface area (Å²) < 4.78 is 32.3. The molecule has 11 heteroatoms. The molecule has 3 rings (SSSR count). The standard InChI is InChI=1S/C28H37Cl2N3O5S/c1-5-24(28(35)31-20-10-7-6-8-11-20)32(17-21-22(29)12-9-13-23(21)30)27(34)18-33(39(4,36)37)25-16-19(2)14-15-26(25)38-3/h9,12-16,20,24H,5-8,10-11,17-18H2,1-4H3,(H,31,35). The Balaban J connectivity index is 2.01. The molecule has 1 saturated carbocycles. The van der Waals surface area contributed by atoms with E-state index in [9.17, 15) is 18.0 Å². The largest absolute Gasteiger partial charge is 0.495 e. The van der Waals surface area contributed by atoms with Gasteiger partial charge in [0.05, 0.1) is 19.1 Å². The number of methoxy groups -OCH3 is 1. The molecule has 2 aromatic rings. The van der Waals surface area contributed by atoms with Gasteiger partial charge in [-0.1, -0.05) is 61.5 Å². The Kier molecular flexibility index (Phi) is 10.9. The van der Waals surface area contributed by atoms with Crippen LogP contribution in [-0.4, -0.2) is 57.1 Å². The highest BCUT2D eigenvalue weighted by molar-refractivity contribution is 7.92. The number of benzene rings is 2. The van der Waals surface area contributed by atoms with E-state index in [-0.39, 0.29) is 24.2 Å². The molecule has 39 heavy (non-hydrogen) atoms. The van der Waals surface area contributed by atoms with Gasteiger partial charge in [0.1, 0.15) is 18.3 Å². The quantitative estimate of drug-likeness (QED) is 0.377. The fourth-order valence-electron chi connectivity index (χ4n) is 4.91. The van der Waals surface area contributed by atoms with E-state index in [0.29, 0.717) is 27.8 Å². The maximum atomic E-state index is 14.0. The smallest absolute Gasteiger partial charge is 0.244 e. The molecule has 1 fully saturated rings. The molecule has 1 aliphatic carbocycles. The number of amides is 2. The summed E-state index contributed by atoms with van der Waals surface area (Å²) in [5, 5.41) is 3.81. The Morgan fingerprint density at radius 1 is 1.10 bits per heavy atom. The molecule has 1 N–H and O–H groups in total. The highest BCUT2D eigenvalue weighted by atomic mass is 35.5. The molecule has 0 aromatic heterocycles. The number of nitrogens with one attached hydrogen (secondary N) is 1. The lowest BCUT2D eigenvalue weighted by Gasteiger charge is -2.34. The number of nitrogens with zero attached hydrogens (tertiary/aromatic N) is 2. The maximum Gasteiger partial charge on any atom is 0.244 e. The topological polar surface area (TPSA) is 96.0 Å². The van der Waals surface area contributed by atoms with Crippen LogP contribution in [0.1, 0.15) is 56.6 Å². The zero-order valence-corrected chi connectivity index (χ0v) is 25.2. The van der Waals surface area contributed by atoms with Gasteiger partial charge < -0.3 is 15.0 Å². The van der Waals surface area contributed by atoms with Gasteiger partial charge >= 0.3 is 0 Å². The van der Waals surface area contributed by atoms with Crippen LogP contribution in [0.4, 0.5) is 5.69 Å². The molecule has 2 aromatic carbocycles. The average Bonchev–Trinajstić information content (AvgIpc) is 2.88. The SMILES string of the molecule is CCC(C(=O)NC1CCCCC1)N(Cc1c(Cl)cccc1Cl)C(=O)CN(c1cc(C)ccc1OC)S(C)(=O)=O. The van der Waals surface area contributed by atoms with Gasteiger partial charge in [-0.25, -0.2) is 8.42 Å². The summed E-state index contributed by atoms with van der Waals surface area (Å²) in [7, 11) is -2.47. The Morgan fingerprint density at radius 3 is 2.31 bits per heavy atom. The highest BCUT2D eigenvalue weighted by Crippen LogP contribution is 2.32. The van der Waals surface area contributed by atoms with Crippen molar-refractivity contribution in [1.82, 2.24) is 10.2 Å². The summed E-state index contributed by atoms with van der Waals surface area (Å²) in [5.74, 6) is -0.535. The monoisotopic (exact) mass is 597 g/mol. The van der Waals surface area contributed by atoms with E-state index in [1.54, 1.807) is 36.4 Å². The lowest BCUT2D eigenvalue weighted by atomic mass is 9.95. The van der Waals surface area contributed by atoms with Crippen LogP contribution in [0.3, 0.4) is 0 Å². The number of halogens is 2. The van der Waals surface area contributed by atoms with E-state index in [0.717, 1.165) is 48.2 Å². The number of sulfonamides is 1. The highest BCUT2D eigenvalue weighted by Gasteiger charge is 2.34. The third-order valence-corrected chi connectivity index (χ3v) is 8.84. The Labute approximate surface area is 241 Å². The molecule has 2 amide bonds. The normalized spacial score (nSPS) is 14.9. The summed E-state index contributed by atoms with van der Waals surface area (Å²) >= 11 is 12.9. The van der Waals surface area contributed by atoms with Crippen LogP contribution in [0.5, 0.6) is 5.75 Å². The van der Waals surface area contributed by atoms with Crippen LogP contribution in [-0.2, 0) is 26.2 Å². The number of rotatable bonds is 11. The van der Waals surface area contributed by atoms with Gasteiger partial charge in [-0.2, -0.15) is 0 Å². The lowest BCUT2D eigenvalue weighted by molar-refractivity contribution is -0.140. The van der Waals surface area contributed by atoms with Crippen LogP contribution in [0.2, 0.25) is 10.0 Å². The summed E-state index contributed by atoms with van der Waals surface area (Å²) in [5.41, 5.74) is 1.52. The molecule has 1 atom stereocenters. The van der Waals surface area contributed by atoms with Crippen molar-refractivity contribution in [3.63, 3.8) is 0 Å². The summed E-state index contributed by atoms with van der Waals surface area (Å²) in [4.78, 5) is 28.9. The number of hydrogen-bond acceptors (Lipinski definition) is 5. The van der Waals surface area contributed by atoms with Crippen molar-refractivity contribution in [2.75, 3.05) is 24.2 Å². The van der Waals surface area contributed by atoms with Crippen LogP contribution < -0.4 is 14.4 Å². The molecule has 0 saturated heterocycles. The van der Waals surface area contributed by atoms with E-state index in [1.165, 1.54) is 12.0 Å². The Bertz CT molecular complexity index is 1260. The first-order valence-corrected chi connectivity index (χ1v) is 15.7. The molecule has 8 nitrogen and oxygen atoms in total. The van der Waals surface area contributed by atoms with Crippen LogP contribution in [0, 0.1) is 6.92 Å². The molecular weight excluding hydrogens is 561 g/mol. The summed E-state index contributed by atoms with van der Waals surface area (Å²) in [6.45, 7) is 3.04. The first-order valence-electron chi connectivity index (χ1n) is 13.1. The Morgan fingerprint density at radius 2 is 1.74 bits per heavy atom. The van der Waals surface area contributed by atoms with Crippen molar-refractivity contribution >= 4 is 50.7 Å². The molecule has 0 spiro atoms. The predicted molar refractivity (Wildman–Crippen MR) is 156 cm³/mol. The van der Waals surface area contributed by atoms with Gasteiger partial charge in [-0.05, 0) is 56.0 Å². The predicted octanol–water partition coefficient (Wildman–Crippen LogP) is 5.33. The molecule has 0 aliphatic heterocycles. The number of ether oxygens (including phenoxy) is 1. The van der Waals surface area contributed by atoms with Crippen LogP contribution >= 0.6 is 23.2 Å². The van der Waals surface area contributed by atoms with Gasteiger partial charge in [0.25, 0.3) is 0 Å². The molecule has 0 bridgehead atoms. The van der Waals surface area contributed by atoms with E-state index in [4.69, 9.17) is 27.9 Å². The summed E-state index contributed by atoms with van der Waals surface area (Å²) in [6, 6.07) is 9.31. The number of anilines is 1. The third-order valence-electron chi connectivity index (χ3n) is 7.01. The molecule has 0 radical (unpaired) electrons. The number of hydrogen-bond donors (Lipinski definition) is 1. The number of carbonyl (C=O) groups excluding carboxylic acids is 2. The van der Waals surface area contributed by atoms with Crippen molar-refractivity contribution in [2.45, 2.75) is 71.0 Å². The van der Waals surface area contributed by atoms with Crippen molar-refractivity contribution in [1.29, 1.82) is 0 Å². The molecule has 1 unspecified atom stereocenters. The number of carbonyl (C=O) groups is 2. The van der Waals surface area contributed by atoms with Crippen molar-refractivity contribution in [2.24, 2.45) is 0 Å². The van der Waals surface area contributed by atoms with Gasteiger partial charge in [0.2, 0.25) is 21.8 Å². The van der Waals surface area contributed by atoms with Gasteiger partial charge in [0, 0.05) is 28.2 Å².